The number of sulfonamides is 1. The number of anilines is 1. The number of nitro groups is 1. The third kappa shape index (κ3) is 7.37. The van der Waals surface area contributed by atoms with Gasteiger partial charge in [0.05, 0.1) is 28.9 Å². The maximum Gasteiger partial charge on any atom is 0.293 e. The second-order valence-electron chi connectivity index (χ2n) is 11.9. The molecule has 0 aliphatic rings. The molecule has 0 unspecified atom stereocenters. The van der Waals surface area contributed by atoms with Gasteiger partial charge in [-0.2, -0.15) is 0 Å². The van der Waals surface area contributed by atoms with Crippen molar-refractivity contribution < 1.29 is 22.9 Å². The lowest BCUT2D eigenvalue weighted by atomic mass is 10.1. The van der Waals surface area contributed by atoms with E-state index in [0.717, 1.165) is 57.9 Å². The van der Waals surface area contributed by atoms with Crippen LogP contribution in [0.5, 0.6) is 5.75 Å². The van der Waals surface area contributed by atoms with Gasteiger partial charge in [0.15, 0.2) is 0 Å². The van der Waals surface area contributed by atoms with Gasteiger partial charge in [0, 0.05) is 29.4 Å². The lowest BCUT2D eigenvalue weighted by Gasteiger charge is -2.11. The first-order valence-corrected chi connectivity index (χ1v) is 17.6. The molecule has 5 aromatic carbocycles. The Kier molecular flexibility index (Phi) is 9.96. The summed E-state index contributed by atoms with van der Waals surface area (Å²) in [5.74, 6) is -0.190. The molecule has 0 fully saturated rings. The monoisotopic (exact) mass is 688 g/mol. The van der Waals surface area contributed by atoms with Crippen molar-refractivity contribution in [3.05, 3.63) is 148 Å². The van der Waals surface area contributed by atoms with Gasteiger partial charge in [-0.05, 0) is 84.5 Å². The van der Waals surface area contributed by atoms with E-state index in [9.17, 15) is 23.3 Å². The fraction of sp³-hybridized carbons (Fsp3) is 0.154. The largest absolute Gasteiger partial charge is 0.497 e. The van der Waals surface area contributed by atoms with Crippen molar-refractivity contribution in [2.45, 2.75) is 31.1 Å². The number of ether oxygens (including phenoxy) is 1. The highest BCUT2D eigenvalue weighted by Crippen LogP contribution is 2.34. The molecule has 0 bridgehead atoms. The number of hydrogen-bond acceptors (Lipinski definition) is 7. The number of aromatic nitrogens is 1. The van der Waals surface area contributed by atoms with Crippen LogP contribution in [0.25, 0.3) is 27.7 Å². The molecular formula is C39H36N4O6S. The number of aryl methyl sites for hydroxylation is 1. The molecule has 0 radical (unpaired) electrons. The van der Waals surface area contributed by atoms with Crippen molar-refractivity contribution in [1.29, 1.82) is 0 Å². The maximum absolute atomic E-state index is 13.4. The quantitative estimate of drug-likeness (QED) is 0.0725. The number of nitrogens with zero attached hydrogens (tertiary/aromatic N) is 2. The lowest BCUT2D eigenvalue weighted by molar-refractivity contribution is -0.384. The molecule has 0 aliphatic carbocycles. The number of methoxy groups -OCH3 is 1. The van der Waals surface area contributed by atoms with E-state index in [1.807, 2.05) is 115 Å². The van der Waals surface area contributed by atoms with Gasteiger partial charge in [0.2, 0.25) is 5.91 Å². The van der Waals surface area contributed by atoms with E-state index in [2.05, 4.69) is 10.0 Å². The van der Waals surface area contributed by atoms with Crippen molar-refractivity contribution >= 4 is 38.2 Å². The highest BCUT2D eigenvalue weighted by Gasteiger charge is 2.25. The molecule has 2 N–H and O–H groups in total. The van der Waals surface area contributed by atoms with Gasteiger partial charge < -0.3 is 14.6 Å². The number of carbonyl (C=O) groups is 1. The second-order valence-corrected chi connectivity index (χ2v) is 13.5. The predicted octanol–water partition coefficient (Wildman–Crippen LogP) is 7.62. The van der Waals surface area contributed by atoms with Gasteiger partial charge in [-0.25, -0.2) is 13.1 Å². The number of nitro benzene ring substituents is 1. The summed E-state index contributed by atoms with van der Waals surface area (Å²) in [4.78, 5) is 24.3. The zero-order valence-electron chi connectivity index (χ0n) is 27.6. The van der Waals surface area contributed by atoms with E-state index < -0.39 is 26.5 Å². The summed E-state index contributed by atoms with van der Waals surface area (Å²) in [6.07, 6.45) is 1.25. The molecule has 1 aromatic heterocycles. The van der Waals surface area contributed by atoms with Crippen molar-refractivity contribution in [3.63, 3.8) is 0 Å². The zero-order chi connectivity index (χ0) is 35.3. The first-order valence-electron chi connectivity index (χ1n) is 16.1. The topological polar surface area (TPSA) is 133 Å². The maximum atomic E-state index is 13.4. The van der Waals surface area contributed by atoms with Crippen molar-refractivity contribution in [3.8, 4) is 22.6 Å². The molecule has 254 valence electrons. The van der Waals surface area contributed by atoms with Crippen molar-refractivity contribution in [1.82, 2.24) is 9.29 Å². The van der Waals surface area contributed by atoms with Crippen molar-refractivity contribution in [2.24, 2.45) is 0 Å². The van der Waals surface area contributed by atoms with E-state index in [1.54, 1.807) is 7.11 Å². The molecule has 0 aliphatic heterocycles. The van der Waals surface area contributed by atoms with E-state index in [4.69, 9.17) is 4.74 Å². The molecule has 1 amide bonds. The van der Waals surface area contributed by atoms with Crippen LogP contribution >= 0.6 is 0 Å². The summed E-state index contributed by atoms with van der Waals surface area (Å²) < 4.78 is 36.3. The highest BCUT2D eigenvalue weighted by molar-refractivity contribution is 7.90. The number of benzene rings is 5. The third-order valence-electron chi connectivity index (χ3n) is 8.64. The van der Waals surface area contributed by atoms with E-state index >= 15 is 0 Å². The van der Waals surface area contributed by atoms with Crippen LogP contribution in [0.1, 0.15) is 23.2 Å². The SMILES string of the molecule is COc1ccc2c(c1)c(CC(=O)NS(=O)(=O)c1ccc(NCCCc3ccccc3)c([N+](=O)[O-])c1)c(C)n2-c1ccc(-c2ccccc2)cc1. The smallest absolute Gasteiger partial charge is 0.293 e. The van der Waals surface area contributed by atoms with Crippen LogP contribution in [0.2, 0.25) is 0 Å². The summed E-state index contributed by atoms with van der Waals surface area (Å²) in [7, 11) is -2.88. The van der Waals surface area contributed by atoms with E-state index in [0.29, 0.717) is 17.9 Å². The Balaban J connectivity index is 1.22. The molecular weight excluding hydrogens is 653 g/mol. The summed E-state index contributed by atoms with van der Waals surface area (Å²) >= 11 is 0. The fourth-order valence-corrected chi connectivity index (χ4v) is 7.13. The average molecular weight is 689 g/mol. The van der Waals surface area contributed by atoms with E-state index in [-0.39, 0.29) is 17.0 Å². The Morgan fingerprint density at radius 3 is 2.22 bits per heavy atom. The number of rotatable bonds is 13. The van der Waals surface area contributed by atoms with Crippen LogP contribution in [0, 0.1) is 17.0 Å². The minimum absolute atomic E-state index is 0.197. The number of carbonyl (C=O) groups excluding carboxylic acids is 1. The number of nitrogens with one attached hydrogen (secondary N) is 2. The molecule has 6 aromatic rings. The van der Waals surface area contributed by atoms with Crippen LogP contribution in [-0.4, -0.2) is 37.5 Å². The number of fused-ring (bicyclic) bond motifs is 1. The minimum atomic E-state index is -4.43. The fourth-order valence-electron chi connectivity index (χ4n) is 6.12. The van der Waals surface area contributed by atoms with Crippen LogP contribution in [0.3, 0.4) is 0 Å². The van der Waals surface area contributed by atoms with Gasteiger partial charge >= 0.3 is 0 Å². The summed E-state index contributed by atoms with van der Waals surface area (Å²) in [5.41, 5.74) is 6.17. The zero-order valence-corrected chi connectivity index (χ0v) is 28.4. The predicted molar refractivity (Wildman–Crippen MR) is 195 cm³/mol. The van der Waals surface area contributed by atoms with Gasteiger partial charge in [-0.3, -0.25) is 14.9 Å². The Morgan fingerprint density at radius 2 is 1.54 bits per heavy atom. The highest BCUT2D eigenvalue weighted by atomic mass is 32.2. The summed E-state index contributed by atoms with van der Waals surface area (Å²) in [6, 6.07) is 37.1. The first kappa shape index (κ1) is 33.9. The number of hydrogen-bond donors (Lipinski definition) is 2. The third-order valence-corrected chi connectivity index (χ3v) is 10.0. The molecule has 1 heterocycles. The molecule has 0 spiro atoms. The van der Waals surface area contributed by atoms with E-state index in [1.165, 1.54) is 12.1 Å². The minimum Gasteiger partial charge on any atom is -0.497 e. The summed E-state index contributed by atoms with van der Waals surface area (Å²) in [5, 5.41) is 15.7. The Bertz CT molecular complexity index is 2270. The van der Waals surface area contributed by atoms with Crippen molar-refractivity contribution in [2.75, 3.05) is 19.0 Å². The first-order chi connectivity index (χ1) is 24.1. The molecule has 0 saturated carbocycles. The van der Waals surface area contributed by atoms with Crippen LogP contribution < -0.4 is 14.8 Å². The molecule has 50 heavy (non-hydrogen) atoms. The Labute approximate surface area is 290 Å². The summed E-state index contributed by atoms with van der Waals surface area (Å²) in [6.45, 7) is 2.33. The Morgan fingerprint density at radius 1 is 0.860 bits per heavy atom. The average Bonchev–Trinajstić information content (AvgIpc) is 3.40. The molecule has 0 saturated heterocycles. The van der Waals surface area contributed by atoms with Crippen LogP contribution in [0.15, 0.2) is 126 Å². The molecule has 10 nitrogen and oxygen atoms in total. The van der Waals surface area contributed by atoms with Crippen LogP contribution in [0.4, 0.5) is 11.4 Å². The lowest BCUT2D eigenvalue weighted by Crippen LogP contribution is -2.32. The Hall–Kier alpha value is -5.94. The number of amides is 1. The van der Waals surface area contributed by atoms with Crippen LogP contribution in [-0.2, 0) is 27.7 Å². The second kappa shape index (κ2) is 14.7. The standard InChI is InChI=1S/C39H36N4O6S/c1-27-34(35-24-32(49-2)19-22-37(35)42(27)31-17-15-30(16-18-31)29-13-7-4-8-14-29)26-39(44)41-50(47,48)33-20-21-36(38(25-33)43(45)46)40-23-9-12-28-10-5-3-6-11-28/h3-8,10-11,13-22,24-25,40H,9,12,23,26H2,1-2H3,(H,41,44). The molecule has 6 rings (SSSR count). The van der Waals surface area contributed by atoms with Gasteiger partial charge in [-0.1, -0.05) is 72.8 Å². The van der Waals surface area contributed by atoms with Gasteiger partial charge in [0.25, 0.3) is 15.7 Å². The van der Waals surface area contributed by atoms with Gasteiger partial charge in [-0.15, -0.1) is 0 Å². The normalized spacial score (nSPS) is 11.3. The molecule has 0 atom stereocenters. The molecule has 11 heteroatoms. The van der Waals surface area contributed by atoms with Gasteiger partial charge in [0.1, 0.15) is 11.4 Å².